The van der Waals surface area contributed by atoms with E-state index in [0.29, 0.717) is 12.8 Å². The zero-order valence-corrected chi connectivity index (χ0v) is 25.9. The number of hydrogen-bond donors (Lipinski definition) is 2. The fourth-order valence-corrected chi connectivity index (χ4v) is 7.60. The SMILES string of the molecule is CCCN(CCC)[C@@H]1CCC(NC(=O)CNC(=O)c2cccc(C(F)(F)F)c2)[C@H](CS(=O)(=O)c2ccc(SC)cc2)C1. The van der Waals surface area contributed by atoms with E-state index < -0.39 is 46.0 Å². The van der Waals surface area contributed by atoms with Crippen molar-refractivity contribution < 1.29 is 31.2 Å². The maximum atomic E-state index is 13.5. The van der Waals surface area contributed by atoms with Crippen molar-refractivity contribution in [1.82, 2.24) is 15.5 Å². The molecule has 1 saturated carbocycles. The quantitative estimate of drug-likeness (QED) is 0.289. The summed E-state index contributed by atoms with van der Waals surface area (Å²) in [5.74, 6) is -1.81. The first kappa shape index (κ1) is 33.9. The van der Waals surface area contributed by atoms with Crippen LogP contribution < -0.4 is 10.6 Å². The molecule has 2 N–H and O–H groups in total. The second-order valence-corrected chi connectivity index (χ2v) is 13.6. The maximum Gasteiger partial charge on any atom is 0.416 e. The number of hydrogen-bond acceptors (Lipinski definition) is 6. The van der Waals surface area contributed by atoms with E-state index in [9.17, 15) is 31.2 Å². The molecule has 3 atom stereocenters. The summed E-state index contributed by atoms with van der Waals surface area (Å²) in [6, 6.07) is 10.5. The minimum Gasteiger partial charge on any atom is -0.352 e. The predicted molar refractivity (Wildman–Crippen MR) is 159 cm³/mol. The lowest BCUT2D eigenvalue weighted by molar-refractivity contribution is -0.137. The minimum absolute atomic E-state index is 0.129. The number of alkyl halides is 3. The molecule has 232 valence electrons. The first-order valence-electron chi connectivity index (χ1n) is 14.2. The van der Waals surface area contributed by atoms with Crippen LogP contribution in [-0.4, -0.2) is 68.9 Å². The van der Waals surface area contributed by atoms with Crippen LogP contribution in [0.3, 0.4) is 0 Å². The van der Waals surface area contributed by atoms with E-state index in [1.807, 2.05) is 6.26 Å². The predicted octanol–water partition coefficient (Wildman–Crippen LogP) is 5.41. The van der Waals surface area contributed by atoms with Gasteiger partial charge in [-0.05, 0) is 99.8 Å². The van der Waals surface area contributed by atoms with Crippen LogP contribution in [0.1, 0.15) is 61.9 Å². The first-order chi connectivity index (χ1) is 19.9. The summed E-state index contributed by atoms with van der Waals surface area (Å²) in [5.41, 5.74) is -1.16. The van der Waals surface area contributed by atoms with Gasteiger partial charge in [0.25, 0.3) is 5.91 Å². The number of sulfone groups is 1. The summed E-state index contributed by atoms with van der Waals surface area (Å²) in [7, 11) is -3.65. The van der Waals surface area contributed by atoms with Crippen LogP contribution in [0.25, 0.3) is 0 Å². The molecule has 2 amide bonds. The van der Waals surface area contributed by atoms with Crippen molar-refractivity contribution in [3.05, 3.63) is 59.7 Å². The molecule has 2 aromatic carbocycles. The number of amides is 2. The van der Waals surface area contributed by atoms with Gasteiger partial charge < -0.3 is 15.5 Å². The van der Waals surface area contributed by atoms with Crippen molar-refractivity contribution in [2.45, 2.75) is 74.0 Å². The van der Waals surface area contributed by atoms with E-state index in [2.05, 4.69) is 29.4 Å². The van der Waals surface area contributed by atoms with Crippen LogP contribution in [0.4, 0.5) is 13.2 Å². The van der Waals surface area contributed by atoms with Gasteiger partial charge in [-0.15, -0.1) is 11.8 Å². The largest absolute Gasteiger partial charge is 0.416 e. The van der Waals surface area contributed by atoms with Crippen molar-refractivity contribution in [3.8, 4) is 0 Å². The van der Waals surface area contributed by atoms with Gasteiger partial charge >= 0.3 is 6.18 Å². The highest BCUT2D eigenvalue weighted by Gasteiger charge is 2.37. The van der Waals surface area contributed by atoms with E-state index in [0.717, 1.165) is 55.4 Å². The third-order valence-corrected chi connectivity index (χ3v) is 10.2. The highest BCUT2D eigenvalue weighted by molar-refractivity contribution is 7.98. The van der Waals surface area contributed by atoms with Gasteiger partial charge in [-0.1, -0.05) is 19.9 Å². The Morgan fingerprint density at radius 1 is 1.02 bits per heavy atom. The molecule has 1 aliphatic carbocycles. The van der Waals surface area contributed by atoms with Crippen molar-refractivity contribution in [1.29, 1.82) is 0 Å². The summed E-state index contributed by atoms with van der Waals surface area (Å²) in [6.45, 7) is 5.60. The highest BCUT2D eigenvalue weighted by atomic mass is 32.2. The monoisotopic (exact) mass is 627 g/mol. The van der Waals surface area contributed by atoms with Gasteiger partial charge in [0, 0.05) is 22.5 Å². The van der Waals surface area contributed by atoms with E-state index in [1.54, 1.807) is 24.3 Å². The van der Waals surface area contributed by atoms with Gasteiger partial charge in [-0.3, -0.25) is 9.59 Å². The molecule has 0 bridgehead atoms. The van der Waals surface area contributed by atoms with Crippen LogP contribution >= 0.6 is 11.8 Å². The normalized spacial score (nSPS) is 19.5. The Bertz CT molecular complexity index is 1300. The van der Waals surface area contributed by atoms with Gasteiger partial charge in [0.05, 0.1) is 22.8 Å². The Labute approximate surface area is 250 Å². The van der Waals surface area contributed by atoms with Crippen molar-refractivity contribution >= 4 is 33.4 Å². The van der Waals surface area contributed by atoms with Gasteiger partial charge in [-0.25, -0.2) is 8.42 Å². The topological polar surface area (TPSA) is 95.6 Å². The lowest BCUT2D eigenvalue weighted by Crippen LogP contribution is -2.52. The Morgan fingerprint density at radius 2 is 1.69 bits per heavy atom. The van der Waals surface area contributed by atoms with Crippen molar-refractivity contribution in [3.63, 3.8) is 0 Å². The van der Waals surface area contributed by atoms with E-state index in [1.165, 1.54) is 17.8 Å². The third-order valence-electron chi connectivity index (χ3n) is 7.55. The molecule has 1 aliphatic rings. The number of thioether (sulfide) groups is 1. The summed E-state index contributed by atoms with van der Waals surface area (Å²) in [4.78, 5) is 28.9. The molecule has 12 heteroatoms. The molecule has 0 radical (unpaired) electrons. The highest BCUT2D eigenvalue weighted by Crippen LogP contribution is 2.32. The van der Waals surface area contributed by atoms with Gasteiger partial charge in [0.2, 0.25) is 5.91 Å². The Kier molecular flexibility index (Phi) is 12.3. The molecule has 0 aromatic heterocycles. The molecule has 0 saturated heterocycles. The Hall–Kier alpha value is -2.57. The Morgan fingerprint density at radius 3 is 2.29 bits per heavy atom. The molecule has 0 heterocycles. The zero-order chi connectivity index (χ0) is 30.9. The third kappa shape index (κ3) is 9.47. The molecule has 0 spiro atoms. The van der Waals surface area contributed by atoms with Crippen LogP contribution in [0.2, 0.25) is 0 Å². The lowest BCUT2D eigenvalue weighted by Gasteiger charge is -2.41. The van der Waals surface area contributed by atoms with Crippen LogP contribution in [0.5, 0.6) is 0 Å². The number of carbonyl (C=O) groups excluding carboxylic acids is 2. The van der Waals surface area contributed by atoms with Crippen LogP contribution in [0.15, 0.2) is 58.3 Å². The number of rotatable bonds is 13. The number of carbonyl (C=O) groups is 2. The minimum atomic E-state index is -4.59. The van der Waals surface area contributed by atoms with E-state index in [4.69, 9.17) is 0 Å². The fourth-order valence-electron chi connectivity index (χ4n) is 5.51. The fraction of sp³-hybridized carbons (Fsp3) is 0.533. The molecule has 7 nitrogen and oxygen atoms in total. The molecule has 3 rings (SSSR count). The molecular weight excluding hydrogens is 587 g/mol. The van der Waals surface area contributed by atoms with E-state index in [-0.39, 0.29) is 28.2 Å². The summed E-state index contributed by atoms with van der Waals surface area (Å²) >= 11 is 1.52. The number of halogens is 3. The van der Waals surface area contributed by atoms with E-state index >= 15 is 0 Å². The number of benzene rings is 2. The average molecular weight is 628 g/mol. The van der Waals surface area contributed by atoms with Crippen LogP contribution in [-0.2, 0) is 20.8 Å². The van der Waals surface area contributed by atoms with Crippen LogP contribution in [0, 0.1) is 5.92 Å². The lowest BCUT2D eigenvalue weighted by atomic mass is 9.81. The molecule has 42 heavy (non-hydrogen) atoms. The second kappa shape index (κ2) is 15.2. The summed E-state index contributed by atoms with van der Waals surface area (Å²) < 4.78 is 66.0. The Balaban J connectivity index is 1.72. The summed E-state index contributed by atoms with van der Waals surface area (Å²) in [6.07, 6.45) is 1.25. The first-order valence-corrected chi connectivity index (χ1v) is 17.1. The number of nitrogens with one attached hydrogen (secondary N) is 2. The smallest absolute Gasteiger partial charge is 0.352 e. The zero-order valence-electron chi connectivity index (χ0n) is 24.2. The van der Waals surface area contributed by atoms with Crippen molar-refractivity contribution in [2.24, 2.45) is 5.92 Å². The molecule has 0 aliphatic heterocycles. The van der Waals surface area contributed by atoms with Gasteiger partial charge in [-0.2, -0.15) is 13.2 Å². The molecular formula is C30H40F3N3O4S2. The second-order valence-electron chi connectivity index (χ2n) is 10.7. The number of nitrogens with zero attached hydrogens (tertiary/aromatic N) is 1. The molecule has 2 aromatic rings. The summed E-state index contributed by atoms with van der Waals surface area (Å²) in [5, 5.41) is 5.29. The van der Waals surface area contributed by atoms with Gasteiger partial charge in [0.15, 0.2) is 9.84 Å². The standard InChI is InChI=1S/C30H40F3N3O4S2/c1-4-15-36(16-5-2)24-9-14-27(22(18-24)20-42(39,40)26-12-10-25(41-3)11-13-26)35-28(37)19-34-29(38)21-7-6-8-23(17-21)30(31,32)33/h6-8,10-13,17,22,24,27H,4-5,9,14-16,18-20H2,1-3H3,(H,34,38)(H,35,37)/t22-,24+,27?/m0/s1. The average Bonchev–Trinajstić information content (AvgIpc) is 2.96. The maximum absolute atomic E-state index is 13.5. The van der Waals surface area contributed by atoms with Gasteiger partial charge in [0.1, 0.15) is 0 Å². The molecule has 1 unspecified atom stereocenters. The molecule has 1 fully saturated rings. The van der Waals surface area contributed by atoms with Crippen molar-refractivity contribution in [2.75, 3.05) is 31.6 Å².